The zero-order valence-electron chi connectivity index (χ0n) is 16.0. The Morgan fingerprint density at radius 2 is 1.86 bits per heavy atom. The molecule has 1 aromatic carbocycles. The lowest BCUT2D eigenvalue weighted by Gasteiger charge is -2.35. The predicted molar refractivity (Wildman–Crippen MR) is 110 cm³/mol. The number of benzene rings is 1. The van der Waals surface area contributed by atoms with E-state index >= 15 is 0 Å². The molecule has 1 unspecified atom stereocenters. The highest BCUT2D eigenvalue weighted by atomic mass is 35.5. The molecule has 0 aliphatic carbocycles. The zero-order valence-corrected chi connectivity index (χ0v) is 16.7. The largest absolute Gasteiger partial charge is 0.388 e. The fraction of sp³-hybridized carbons (Fsp3) is 0.286. The molecule has 150 valence electrons. The molecule has 0 bridgehead atoms. The molecule has 2 aromatic heterocycles. The molecule has 3 aromatic rings. The number of piperazine rings is 1. The Bertz CT molecular complexity index is 981. The zero-order chi connectivity index (χ0) is 20.4. The van der Waals surface area contributed by atoms with Gasteiger partial charge in [-0.15, -0.1) is 0 Å². The Labute approximate surface area is 173 Å². The lowest BCUT2D eigenvalue weighted by Crippen LogP contribution is -2.49. The van der Waals surface area contributed by atoms with Crippen LogP contribution >= 0.6 is 11.6 Å². The van der Waals surface area contributed by atoms with Crippen molar-refractivity contribution in [1.29, 1.82) is 0 Å². The third kappa shape index (κ3) is 3.97. The minimum atomic E-state index is -0.902. The third-order valence-corrected chi connectivity index (χ3v) is 5.25. The summed E-state index contributed by atoms with van der Waals surface area (Å²) in [5.74, 6) is 0.708. The van der Waals surface area contributed by atoms with E-state index in [4.69, 9.17) is 16.1 Å². The van der Waals surface area contributed by atoms with E-state index in [0.29, 0.717) is 42.5 Å². The van der Waals surface area contributed by atoms with Crippen LogP contribution in [0.15, 0.2) is 53.2 Å². The van der Waals surface area contributed by atoms with Crippen LogP contribution in [0.5, 0.6) is 0 Å². The molecule has 0 spiro atoms. The van der Waals surface area contributed by atoms with Crippen LogP contribution in [0.25, 0.3) is 11.3 Å². The lowest BCUT2D eigenvalue weighted by atomic mass is 10.0. The molecule has 1 aliphatic heterocycles. The normalized spacial score (nSPS) is 15.4. The van der Waals surface area contributed by atoms with Gasteiger partial charge in [0, 0.05) is 43.0 Å². The first-order valence-electron chi connectivity index (χ1n) is 9.43. The van der Waals surface area contributed by atoms with Crippen molar-refractivity contribution in [3.05, 3.63) is 65.0 Å². The van der Waals surface area contributed by atoms with Crippen molar-refractivity contribution < 1.29 is 14.4 Å². The number of hydrogen-bond donors (Lipinski definition) is 1. The quantitative estimate of drug-likeness (QED) is 0.707. The number of rotatable bonds is 4. The molecule has 0 saturated carbocycles. The predicted octanol–water partition coefficient (Wildman–Crippen LogP) is 3.41. The summed E-state index contributed by atoms with van der Waals surface area (Å²) in [7, 11) is 0. The second-order valence-electron chi connectivity index (χ2n) is 6.92. The average molecular weight is 413 g/mol. The van der Waals surface area contributed by atoms with Gasteiger partial charge in [0.15, 0.2) is 0 Å². The molecule has 1 amide bonds. The smallest absolute Gasteiger partial charge is 0.293 e. The highest BCUT2D eigenvalue weighted by Crippen LogP contribution is 2.32. The summed E-state index contributed by atoms with van der Waals surface area (Å²) in [5, 5.41) is 15.0. The van der Waals surface area contributed by atoms with Crippen molar-refractivity contribution in [2.75, 3.05) is 31.1 Å². The minimum absolute atomic E-state index is 0.0798. The molecule has 8 heteroatoms. The van der Waals surface area contributed by atoms with Gasteiger partial charge in [-0.05, 0) is 31.2 Å². The van der Waals surface area contributed by atoms with Crippen LogP contribution in [-0.2, 0) is 0 Å². The second kappa shape index (κ2) is 8.23. The summed E-state index contributed by atoms with van der Waals surface area (Å²) in [5.41, 5.74) is 1.57. The van der Waals surface area contributed by atoms with Crippen LogP contribution in [-0.4, -0.2) is 52.2 Å². The SMILES string of the molecule is CC(O)c1c(-c2ccc(Cl)cc2)noc1C(=O)N1CCN(c2ccccn2)CC1. The van der Waals surface area contributed by atoms with E-state index in [1.807, 2.05) is 18.2 Å². The molecule has 1 N–H and O–H groups in total. The first-order valence-corrected chi connectivity index (χ1v) is 9.81. The molecular formula is C21H21ClN4O3. The molecule has 7 nitrogen and oxygen atoms in total. The number of nitrogens with zero attached hydrogens (tertiary/aromatic N) is 4. The van der Waals surface area contributed by atoms with Crippen LogP contribution in [0, 0.1) is 0 Å². The van der Waals surface area contributed by atoms with Gasteiger partial charge in [0.2, 0.25) is 5.76 Å². The van der Waals surface area contributed by atoms with Gasteiger partial charge < -0.3 is 19.4 Å². The maximum absolute atomic E-state index is 13.1. The molecule has 4 rings (SSSR count). The van der Waals surface area contributed by atoms with Crippen LogP contribution in [0.2, 0.25) is 5.02 Å². The molecule has 1 fully saturated rings. The number of halogens is 1. The molecule has 3 heterocycles. The summed E-state index contributed by atoms with van der Waals surface area (Å²) in [6, 6.07) is 12.8. The Morgan fingerprint density at radius 3 is 2.48 bits per heavy atom. The third-order valence-electron chi connectivity index (χ3n) is 5.00. The van der Waals surface area contributed by atoms with E-state index in [0.717, 1.165) is 11.4 Å². The molecule has 1 aliphatic rings. The summed E-state index contributed by atoms with van der Waals surface area (Å²) in [6.45, 7) is 4.01. The average Bonchev–Trinajstić information content (AvgIpc) is 3.20. The van der Waals surface area contributed by atoms with Gasteiger partial charge in [0.1, 0.15) is 11.5 Å². The molecule has 1 atom stereocenters. The number of carbonyl (C=O) groups excluding carboxylic acids is 1. The van der Waals surface area contributed by atoms with Crippen LogP contribution in [0.4, 0.5) is 5.82 Å². The number of pyridine rings is 1. The van der Waals surface area contributed by atoms with Crippen molar-refractivity contribution in [1.82, 2.24) is 15.0 Å². The molecule has 29 heavy (non-hydrogen) atoms. The summed E-state index contributed by atoms with van der Waals surface area (Å²) in [4.78, 5) is 21.3. The van der Waals surface area contributed by atoms with Gasteiger partial charge in [0.25, 0.3) is 5.91 Å². The van der Waals surface area contributed by atoms with E-state index in [2.05, 4.69) is 15.0 Å². The van der Waals surface area contributed by atoms with Crippen molar-refractivity contribution in [3.8, 4) is 11.3 Å². The van der Waals surface area contributed by atoms with Gasteiger partial charge in [-0.25, -0.2) is 4.98 Å². The van der Waals surface area contributed by atoms with Crippen molar-refractivity contribution in [2.45, 2.75) is 13.0 Å². The number of aliphatic hydroxyl groups excluding tert-OH is 1. The summed E-state index contributed by atoms with van der Waals surface area (Å²) >= 11 is 5.95. The van der Waals surface area contributed by atoms with Crippen molar-refractivity contribution in [2.24, 2.45) is 0 Å². The number of amides is 1. The Morgan fingerprint density at radius 1 is 1.14 bits per heavy atom. The highest BCUT2D eigenvalue weighted by Gasteiger charge is 2.31. The topological polar surface area (TPSA) is 82.7 Å². The van der Waals surface area contributed by atoms with E-state index < -0.39 is 6.10 Å². The molecule has 0 radical (unpaired) electrons. The van der Waals surface area contributed by atoms with Gasteiger partial charge in [-0.3, -0.25) is 4.79 Å². The minimum Gasteiger partial charge on any atom is -0.388 e. The number of anilines is 1. The van der Waals surface area contributed by atoms with E-state index in [1.54, 1.807) is 42.3 Å². The Hall–Kier alpha value is -2.90. The van der Waals surface area contributed by atoms with Gasteiger partial charge in [-0.2, -0.15) is 0 Å². The maximum atomic E-state index is 13.1. The summed E-state index contributed by atoms with van der Waals surface area (Å²) < 4.78 is 5.41. The monoisotopic (exact) mass is 412 g/mol. The summed E-state index contributed by atoms with van der Waals surface area (Å²) in [6.07, 6.45) is 0.856. The first kappa shape index (κ1) is 19.4. The Balaban J connectivity index is 1.54. The van der Waals surface area contributed by atoms with Gasteiger partial charge in [0.05, 0.1) is 11.7 Å². The fourth-order valence-electron chi connectivity index (χ4n) is 3.48. The number of aliphatic hydroxyl groups is 1. The van der Waals surface area contributed by atoms with Crippen molar-refractivity contribution in [3.63, 3.8) is 0 Å². The van der Waals surface area contributed by atoms with Gasteiger partial charge >= 0.3 is 0 Å². The van der Waals surface area contributed by atoms with Crippen LogP contribution in [0.1, 0.15) is 29.1 Å². The fourth-order valence-corrected chi connectivity index (χ4v) is 3.60. The van der Waals surface area contributed by atoms with E-state index in [1.165, 1.54) is 0 Å². The van der Waals surface area contributed by atoms with E-state index in [9.17, 15) is 9.90 Å². The lowest BCUT2D eigenvalue weighted by molar-refractivity contribution is 0.0696. The number of aromatic nitrogens is 2. The van der Waals surface area contributed by atoms with Gasteiger partial charge in [-0.1, -0.05) is 35.0 Å². The maximum Gasteiger partial charge on any atom is 0.293 e. The number of carbonyl (C=O) groups is 1. The van der Waals surface area contributed by atoms with E-state index in [-0.39, 0.29) is 11.7 Å². The second-order valence-corrected chi connectivity index (χ2v) is 7.36. The number of hydrogen-bond acceptors (Lipinski definition) is 6. The first-order chi connectivity index (χ1) is 14.0. The molecular weight excluding hydrogens is 392 g/mol. The standard InChI is InChI=1S/C21H21ClN4O3/c1-14(27)18-19(15-5-7-16(22)8-6-15)24-29-20(18)21(28)26-12-10-25(11-13-26)17-4-2-3-9-23-17/h2-9,14,27H,10-13H2,1H3. The van der Waals surface area contributed by atoms with Crippen molar-refractivity contribution >= 4 is 23.3 Å². The molecule has 1 saturated heterocycles. The van der Waals surface area contributed by atoms with Crippen LogP contribution < -0.4 is 4.90 Å². The highest BCUT2D eigenvalue weighted by molar-refractivity contribution is 6.30. The Kier molecular flexibility index (Phi) is 5.51. The van der Waals surface area contributed by atoms with Crippen LogP contribution in [0.3, 0.4) is 0 Å².